The Kier molecular flexibility index (Phi) is 3.45. The lowest BCUT2D eigenvalue weighted by molar-refractivity contribution is -0.0859. The largest absolute Gasteiger partial charge is 0.534 e. The Labute approximate surface area is 115 Å². The van der Waals surface area contributed by atoms with E-state index in [-0.39, 0.29) is 12.2 Å². The van der Waals surface area contributed by atoms with Crippen molar-refractivity contribution in [1.29, 1.82) is 0 Å². The fourth-order valence-electron chi connectivity index (χ4n) is 2.38. The maximum absolute atomic E-state index is 12.4. The van der Waals surface area contributed by atoms with Crippen LogP contribution in [0.5, 0.6) is 0 Å². The van der Waals surface area contributed by atoms with Crippen molar-refractivity contribution in [3.05, 3.63) is 24.0 Å². The first-order chi connectivity index (χ1) is 9.07. The van der Waals surface area contributed by atoms with Crippen LogP contribution in [-0.2, 0) is 19.0 Å². The molecule has 114 valence electrons. The molecule has 2 aliphatic rings. The monoisotopic (exact) mass is 312 g/mol. The van der Waals surface area contributed by atoms with Gasteiger partial charge in [-0.1, -0.05) is 19.9 Å². The van der Waals surface area contributed by atoms with Crippen molar-refractivity contribution in [3.8, 4) is 0 Å². The quantitative estimate of drug-likeness (QED) is 0.455. The molecule has 2 aliphatic heterocycles. The van der Waals surface area contributed by atoms with Crippen molar-refractivity contribution in [2.45, 2.75) is 49.8 Å². The second-order valence-electron chi connectivity index (χ2n) is 4.93. The van der Waals surface area contributed by atoms with E-state index in [0.717, 1.165) is 0 Å². The lowest BCUT2D eigenvalue weighted by Crippen LogP contribution is -2.40. The van der Waals surface area contributed by atoms with E-state index >= 15 is 0 Å². The van der Waals surface area contributed by atoms with E-state index in [0.29, 0.717) is 12.8 Å². The van der Waals surface area contributed by atoms with Crippen molar-refractivity contribution in [2.24, 2.45) is 0 Å². The van der Waals surface area contributed by atoms with E-state index in [9.17, 15) is 21.6 Å². The van der Waals surface area contributed by atoms with Crippen molar-refractivity contribution >= 4 is 10.1 Å². The Morgan fingerprint density at radius 3 is 2.45 bits per heavy atom. The highest BCUT2D eigenvalue weighted by atomic mass is 32.2. The smallest absolute Gasteiger partial charge is 0.381 e. The molecule has 4 nitrogen and oxygen atoms in total. The minimum Gasteiger partial charge on any atom is -0.381 e. The van der Waals surface area contributed by atoms with Gasteiger partial charge in [0.25, 0.3) is 0 Å². The summed E-state index contributed by atoms with van der Waals surface area (Å²) in [4.78, 5) is 0. The first-order valence-electron chi connectivity index (χ1n) is 6.20. The van der Waals surface area contributed by atoms with Gasteiger partial charge in [0.1, 0.15) is 11.4 Å². The topological polar surface area (TPSA) is 52.6 Å². The van der Waals surface area contributed by atoms with E-state index in [1.807, 2.05) is 6.92 Å². The molecule has 0 aliphatic carbocycles. The van der Waals surface area contributed by atoms with Crippen molar-refractivity contribution in [2.75, 3.05) is 0 Å². The van der Waals surface area contributed by atoms with Crippen molar-refractivity contribution in [3.63, 3.8) is 0 Å². The number of rotatable bonds is 4. The van der Waals surface area contributed by atoms with Crippen LogP contribution in [0.15, 0.2) is 24.0 Å². The van der Waals surface area contributed by atoms with Gasteiger partial charge >= 0.3 is 15.6 Å². The number of hydrogen-bond donors (Lipinski definition) is 0. The van der Waals surface area contributed by atoms with Crippen LogP contribution in [0.1, 0.15) is 33.1 Å². The molecule has 0 saturated heterocycles. The van der Waals surface area contributed by atoms with Gasteiger partial charge in [0.2, 0.25) is 0 Å². The Morgan fingerprint density at radius 1 is 1.30 bits per heavy atom. The van der Waals surface area contributed by atoms with Gasteiger partial charge in [0.05, 0.1) is 5.60 Å². The van der Waals surface area contributed by atoms with Crippen LogP contribution < -0.4 is 0 Å². The lowest BCUT2D eigenvalue weighted by Gasteiger charge is -2.37. The fraction of sp³-hybridized carbons (Fsp3) is 0.667. The molecular formula is C12H15F3O4S. The Hall–Kier alpha value is -1.02. The second kappa shape index (κ2) is 4.49. The van der Waals surface area contributed by atoms with Gasteiger partial charge in [-0.15, -0.1) is 0 Å². The molecule has 2 heterocycles. The summed E-state index contributed by atoms with van der Waals surface area (Å²) in [6.07, 6.45) is 5.78. The van der Waals surface area contributed by atoms with Crippen LogP contribution in [0.2, 0.25) is 0 Å². The van der Waals surface area contributed by atoms with Gasteiger partial charge in [-0.3, -0.25) is 0 Å². The number of alkyl halides is 3. The maximum Gasteiger partial charge on any atom is 0.534 e. The zero-order chi connectivity index (χ0) is 15.2. The van der Waals surface area contributed by atoms with Gasteiger partial charge in [-0.25, -0.2) is 0 Å². The van der Waals surface area contributed by atoms with Crippen LogP contribution in [-0.4, -0.2) is 25.1 Å². The molecule has 0 aromatic heterocycles. The van der Waals surface area contributed by atoms with E-state index in [1.54, 1.807) is 19.1 Å². The minimum atomic E-state index is -5.64. The van der Waals surface area contributed by atoms with Crippen molar-refractivity contribution < 1.29 is 30.5 Å². The average Bonchev–Trinajstić information content (AvgIpc) is 2.61. The number of fused-ring (bicyclic) bond motifs is 2. The fourth-order valence-corrected chi connectivity index (χ4v) is 2.86. The summed E-state index contributed by atoms with van der Waals surface area (Å²) in [6, 6.07) is 0. The first kappa shape index (κ1) is 15.4. The Balaban J connectivity index is 2.32. The highest BCUT2D eigenvalue weighted by Gasteiger charge is 2.52. The average molecular weight is 312 g/mol. The van der Waals surface area contributed by atoms with Gasteiger partial charge < -0.3 is 8.92 Å². The third-order valence-corrected chi connectivity index (χ3v) is 4.59. The standard InChI is InChI=1S/C12H15F3O4S/c1-3-10-5-6-11(4-2,19-10)8-9(7-10)18-20(16,17)12(13,14)15/h5-7H,3-4,8H2,1-2H3. The van der Waals surface area contributed by atoms with Crippen LogP contribution >= 0.6 is 0 Å². The molecule has 2 unspecified atom stereocenters. The highest BCUT2D eigenvalue weighted by Crippen LogP contribution is 2.46. The van der Waals surface area contributed by atoms with E-state index in [2.05, 4.69) is 4.18 Å². The molecule has 0 amide bonds. The lowest BCUT2D eigenvalue weighted by atomic mass is 9.93. The van der Waals surface area contributed by atoms with Gasteiger partial charge in [-0.2, -0.15) is 21.6 Å². The predicted molar refractivity (Wildman–Crippen MR) is 65.0 cm³/mol. The molecule has 0 aromatic carbocycles. The molecule has 0 saturated carbocycles. The van der Waals surface area contributed by atoms with Crippen molar-refractivity contribution in [1.82, 2.24) is 0 Å². The molecule has 0 N–H and O–H groups in total. The summed E-state index contributed by atoms with van der Waals surface area (Å²) in [6.45, 7) is 3.62. The zero-order valence-electron chi connectivity index (χ0n) is 11.0. The van der Waals surface area contributed by atoms with Crippen LogP contribution in [0.4, 0.5) is 13.2 Å². The highest BCUT2D eigenvalue weighted by molar-refractivity contribution is 7.87. The Bertz CT molecular complexity index is 564. The maximum atomic E-state index is 12.4. The third-order valence-electron chi connectivity index (χ3n) is 3.59. The molecule has 2 rings (SSSR count). The summed E-state index contributed by atoms with van der Waals surface area (Å²) in [5.41, 5.74) is -7.11. The van der Waals surface area contributed by atoms with E-state index in [1.165, 1.54) is 6.08 Å². The molecule has 2 bridgehead atoms. The number of hydrogen-bond acceptors (Lipinski definition) is 4. The van der Waals surface area contributed by atoms with Gasteiger partial charge in [0.15, 0.2) is 0 Å². The Morgan fingerprint density at radius 2 is 1.95 bits per heavy atom. The molecule has 20 heavy (non-hydrogen) atoms. The normalized spacial score (nSPS) is 33.1. The van der Waals surface area contributed by atoms with E-state index in [4.69, 9.17) is 4.74 Å². The SMILES string of the molecule is CCC12C=CC(CC)(CC(OS(=O)(=O)C(F)(F)F)=C1)O2. The number of halogens is 3. The molecule has 0 aromatic rings. The summed E-state index contributed by atoms with van der Waals surface area (Å²) >= 11 is 0. The molecule has 0 fully saturated rings. The second-order valence-corrected chi connectivity index (χ2v) is 6.47. The minimum absolute atomic E-state index is 0.0307. The van der Waals surface area contributed by atoms with Crippen LogP contribution in [0.3, 0.4) is 0 Å². The summed E-state index contributed by atoms with van der Waals surface area (Å²) in [5.74, 6) is -0.220. The molecular weight excluding hydrogens is 297 g/mol. The summed E-state index contributed by atoms with van der Waals surface area (Å²) < 4.78 is 69.4. The van der Waals surface area contributed by atoms with Crippen LogP contribution in [0, 0.1) is 0 Å². The zero-order valence-corrected chi connectivity index (χ0v) is 11.8. The van der Waals surface area contributed by atoms with Gasteiger partial charge in [-0.05, 0) is 25.0 Å². The first-order valence-corrected chi connectivity index (χ1v) is 7.61. The molecule has 2 atom stereocenters. The van der Waals surface area contributed by atoms with Gasteiger partial charge in [0, 0.05) is 6.42 Å². The summed E-state index contributed by atoms with van der Waals surface area (Å²) in [5, 5.41) is 0. The molecule has 0 radical (unpaired) electrons. The predicted octanol–water partition coefficient (Wildman–Crippen LogP) is 3.02. The summed E-state index contributed by atoms with van der Waals surface area (Å²) in [7, 11) is -5.64. The molecule has 0 spiro atoms. The molecule has 8 heteroatoms. The van der Waals surface area contributed by atoms with E-state index < -0.39 is 26.8 Å². The third kappa shape index (κ3) is 2.46. The van der Waals surface area contributed by atoms with Crippen LogP contribution in [0.25, 0.3) is 0 Å². The number of ether oxygens (including phenoxy) is 1.